The summed E-state index contributed by atoms with van der Waals surface area (Å²) in [5.74, 6) is 2.00. The third-order valence-electron chi connectivity index (χ3n) is 2.24. The highest BCUT2D eigenvalue weighted by atomic mass is 31.1. The molecule has 0 fully saturated rings. The SMILES string of the molecule is C/C=C(\C=C/CCC)C1=PC=NC1C. The Balaban J connectivity index is 2.65. The first-order chi connectivity index (χ1) is 6.79. The Labute approximate surface area is 88.4 Å². The van der Waals surface area contributed by atoms with Gasteiger partial charge in [-0.25, -0.2) is 0 Å². The molecule has 0 N–H and O–H groups in total. The summed E-state index contributed by atoms with van der Waals surface area (Å²) in [6.45, 7) is 6.45. The van der Waals surface area contributed by atoms with Crippen molar-refractivity contribution in [2.24, 2.45) is 4.99 Å². The van der Waals surface area contributed by atoms with Gasteiger partial charge in [-0.15, -0.1) is 0 Å². The molecule has 1 aliphatic heterocycles. The molecule has 0 aromatic heterocycles. The molecule has 0 aromatic rings. The highest BCUT2D eigenvalue weighted by molar-refractivity contribution is 7.58. The summed E-state index contributed by atoms with van der Waals surface area (Å²) < 4.78 is 0. The lowest BCUT2D eigenvalue weighted by atomic mass is 10.1. The van der Waals surface area contributed by atoms with Crippen molar-refractivity contribution in [2.75, 3.05) is 0 Å². The highest BCUT2D eigenvalue weighted by Crippen LogP contribution is 2.19. The van der Waals surface area contributed by atoms with Crippen molar-refractivity contribution < 1.29 is 0 Å². The number of hydrogen-bond acceptors (Lipinski definition) is 1. The van der Waals surface area contributed by atoms with Crippen LogP contribution in [-0.4, -0.2) is 17.3 Å². The van der Waals surface area contributed by atoms with Crippen molar-refractivity contribution in [3.05, 3.63) is 23.8 Å². The topological polar surface area (TPSA) is 12.4 Å². The van der Waals surface area contributed by atoms with Gasteiger partial charge in [-0.3, -0.25) is 4.99 Å². The first-order valence-corrected chi connectivity index (χ1v) is 6.18. The van der Waals surface area contributed by atoms with E-state index >= 15 is 0 Å². The highest BCUT2D eigenvalue weighted by Gasteiger charge is 2.12. The average molecular weight is 207 g/mol. The van der Waals surface area contributed by atoms with Gasteiger partial charge in [-0.05, 0) is 25.8 Å². The van der Waals surface area contributed by atoms with Gasteiger partial charge < -0.3 is 0 Å². The Hall–Kier alpha value is -0.680. The molecule has 1 aliphatic rings. The Kier molecular flexibility index (Phi) is 4.82. The van der Waals surface area contributed by atoms with Gasteiger partial charge in [0.25, 0.3) is 0 Å². The summed E-state index contributed by atoms with van der Waals surface area (Å²) in [7, 11) is 1.27. The van der Waals surface area contributed by atoms with Gasteiger partial charge >= 0.3 is 0 Å². The zero-order chi connectivity index (χ0) is 10.4. The minimum Gasteiger partial charge on any atom is -0.280 e. The second-order valence-electron chi connectivity index (χ2n) is 3.39. The van der Waals surface area contributed by atoms with Gasteiger partial charge in [0.1, 0.15) is 0 Å². The molecule has 1 rings (SSSR count). The van der Waals surface area contributed by atoms with E-state index in [9.17, 15) is 0 Å². The van der Waals surface area contributed by atoms with E-state index in [-0.39, 0.29) is 0 Å². The fourth-order valence-electron chi connectivity index (χ4n) is 1.40. The van der Waals surface area contributed by atoms with Crippen molar-refractivity contribution in [2.45, 2.75) is 39.7 Å². The van der Waals surface area contributed by atoms with E-state index in [1.807, 2.05) is 5.96 Å². The number of aliphatic imine (C=N–C) groups is 1. The molecule has 1 heterocycles. The molecule has 1 atom stereocenters. The predicted octanol–water partition coefficient (Wildman–Crippen LogP) is 3.84. The summed E-state index contributed by atoms with van der Waals surface area (Å²) in [4.78, 5) is 4.37. The van der Waals surface area contributed by atoms with Gasteiger partial charge in [-0.2, -0.15) is 0 Å². The smallest absolute Gasteiger partial charge is 0.0773 e. The number of unbranched alkanes of at least 4 members (excludes halogenated alkanes) is 1. The molecule has 76 valence electrons. The summed E-state index contributed by atoms with van der Waals surface area (Å²) in [5, 5.41) is 1.43. The molecule has 14 heavy (non-hydrogen) atoms. The molecular formula is C12H18NP. The van der Waals surface area contributed by atoms with E-state index in [1.165, 1.54) is 25.5 Å². The van der Waals surface area contributed by atoms with Gasteiger partial charge in [0.2, 0.25) is 0 Å². The van der Waals surface area contributed by atoms with E-state index in [0.29, 0.717) is 6.04 Å². The van der Waals surface area contributed by atoms with Gasteiger partial charge in [0.05, 0.1) is 6.04 Å². The molecule has 0 saturated heterocycles. The predicted molar refractivity (Wildman–Crippen MR) is 67.7 cm³/mol. The molecule has 2 heteroatoms. The molecule has 1 unspecified atom stereocenters. The molecule has 0 bridgehead atoms. The monoisotopic (exact) mass is 207 g/mol. The lowest BCUT2D eigenvalue weighted by Crippen LogP contribution is -2.11. The number of hydrogen-bond donors (Lipinski definition) is 0. The zero-order valence-electron chi connectivity index (χ0n) is 9.20. The van der Waals surface area contributed by atoms with E-state index < -0.39 is 0 Å². The molecule has 0 amide bonds. The third-order valence-corrected chi connectivity index (χ3v) is 3.40. The normalized spacial score (nSPS) is 23.2. The largest absolute Gasteiger partial charge is 0.280 e. The van der Waals surface area contributed by atoms with Crippen LogP contribution in [0.2, 0.25) is 0 Å². The molecule has 0 saturated carbocycles. The van der Waals surface area contributed by atoms with Crippen molar-refractivity contribution in [3.63, 3.8) is 0 Å². The van der Waals surface area contributed by atoms with E-state index in [1.54, 1.807) is 0 Å². The maximum atomic E-state index is 4.37. The lowest BCUT2D eigenvalue weighted by molar-refractivity contribution is 0.957. The van der Waals surface area contributed by atoms with Crippen LogP contribution >= 0.6 is 8.20 Å². The van der Waals surface area contributed by atoms with Gasteiger partial charge in [0.15, 0.2) is 0 Å². The lowest BCUT2D eigenvalue weighted by Gasteiger charge is -2.07. The fraction of sp³-hybridized carbons (Fsp3) is 0.500. The number of nitrogens with zero attached hydrogens (tertiary/aromatic N) is 1. The van der Waals surface area contributed by atoms with Crippen LogP contribution in [0.25, 0.3) is 0 Å². The Morgan fingerprint density at radius 1 is 1.64 bits per heavy atom. The maximum absolute atomic E-state index is 4.37. The molecule has 0 radical (unpaired) electrons. The van der Waals surface area contributed by atoms with Crippen LogP contribution in [0.5, 0.6) is 0 Å². The first-order valence-electron chi connectivity index (χ1n) is 5.22. The van der Waals surface area contributed by atoms with E-state index in [0.717, 1.165) is 6.42 Å². The van der Waals surface area contributed by atoms with Crippen molar-refractivity contribution in [3.8, 4) is 0 Å². The first kappa shape index (κ1) is 11.4. The Bertz CT molecular complexity index is 297. The molecule has 0 aliphatic carbocycles. The average Bonchev–Trinajstić information content (AvgIpc) is 2.60. The second kappa shape index (κ2) is 5.93. The molecule has 1 nitrogen and oxygen atoms in total. The summed E-state index contributed by atoms with van der Waals surface area (Å²) in [5.41, 5.74) is 1.35. The minimum atomic E-state index is 0.370. The number of allylic oxidation sites excluding steroid dienone is 3. The quantitative estimate of drug-likeness (QED) is 0.490. The molecule has 0 spiro atoms. The van der Waals surface area contributed by atoms with E-state index in [4.69, 9.17) is 0 Å². The standard InChI is InChI=1S/C12H18NP/c1-4-6-7-8-11(5-2)12-10(3)13-9-14-12/h5,7-10H,4,6H2,1-3H3/b8-7-,11-5+. The molecular weight excluding hydrogens is 189 g/mol. The van der Waals surface area contributed by atoms with Gasteiger partial charge in [-0.1, -0.05) is 39.8 Å². The molecule has 0 aromatic carbocycles. The van der Waals surface area contributed by atoms with Crippen LogP contribution in [0.3, 0.4) is 0 Å². The van der Waals surface area contributed by atoms with Gasteiger partial charge in [0, 0.05) is 11.2 Å². The number of rotatable bonds is 4. The third kappa shape index (κ3) is 2.92. The van der Waals surface area contributed by atoms with Crippen LogP contribution in [0.4, 0.5) is 0 Å². The zero-order valence-corrected chi connectivity index (χ0v) is 10.1. The second-order valence-corrected chi connectivity index (χ2v) is 4.36. The fourth-order valence-corrected chi connectivity index (χ4v) is 2.42. The summed E-state index contributed by atoms with van der Waals surface area (Å²) in [6, 6.07) is 0.370. The summed E-state index contributed by atoms with van der Waals surface area (Å²) >= 11 is 0. The van der Waals surface area contributed by atoms with Crippen molar-refractivity contribution in [1.82, 2.24) is 0 Å². The maximum Gasteiger partial charge on any atom is 0.0773 e. The summed E-state index contributed by atoms with van der Waals surface area (Å²) in [6.07, 6.45) is 9.04. The Morgan fingerprint density at radius 2 is 2.43 bits per heavy atom. The van der Waals surface area contributed by atoms with E-state index in [2.05, 4.69) is 44.0 Å². The van der Waals surface area contributed by atoms with Crippen LogP contribution < -0.4 is 0 Å². The van der Waals surface area contributed by atoms with Crippen LogP contribution in [0, 0.1) is 0 Å². The van der Waals surface area contributed by atoms with Crippen LogP contribution in [0.15, 0.2) is 28.8 Å². The Morgan fingerprint density at radius 3 is 2.93 bits per heavy atom. The van der Waals surface area contributed by atoms with Crippen molar-refractivity contribution in [1.29, 1.82) is 0 Å². The van der Waals surface area contributed by atoms with Crippen molar-refractivity contribution >= 4 is 19.5 Å². The minimum absolute atomic E-state index is 0.370. The van der Waals surface area contributed by atoms with Crippen LogP contribution in [0.1, 0.15) is 33.6 Å². The van der Waals surface area contributed by atoms with Crippen LogP contribution in [-0.2, 0) is 0 Å².